The molecule has 21 heavy (non-hydrogen) atoms. The topological polar surface area (TPSA) is 66.8 Å². The molecule has 4 nitrogen and oxygen atoms in total. The van der Waals surface area contributed by atoms with Gasteiger partial charge in [0.2, 0.25) is 0 Å². The van der Waals surface area contributed by atoms with Gasteiger partial charge in [-0.3, -0.25) is 4.79 Å². The summed E-state index contributed by atoms with van der Waals surface area (Å²) >= 11 is 0. The third-order valence-electron chi connectivity index (χ3n) is 5.99. The molecule has 0 amide bonds. The van der Waals surface area contributed by atoms with Crippen LogP contribution in [0.15, 0.2) is 0 Å². The van der Waals surface area contributed by atoms with Crippen LogP contribution in [0, 0.1) is 23.2 Å². The Labute approximate surface area is 127 Å². The number of esters is 1. The van der Waals surface area contributed by atoms with Crippen LogP contribution in [0.2, 0.25) is 0 Å². The molecule has 4 heteroatoms. The second-order valence-electron chi connectivity index (χ2n) is 7.92. The molecule has 0 saturated heterocycles. The Hall–Kier alpha value is -0.610. The van der Waals surface area contributed by atoms with Gasteiger partial charge in [0.05, 0.1) is 11.7 Å². The Morgan fingerprint density at radius 1 is 1.24 bits per heavy atom. The van der Waals surface area contributed by atoms with Gasteiger partial charge in [0, 0.05) is 18.3 Å². The molecule has 0 bridgehead atoms. The summed E-state index contributed by atoms with van der Waals surface area (Å²) in [6, 6.07) is 0. The maximum atomic E-state index is 11.6. The van der Waals surface area contributed by atoms with Crippen LogP contribution in [0.5, 0.6) is 0 Å². The predicted octanol–water partition coefficient (Wildman–Crippen LogP) is 2.51. The van der Waals surface area contributed by atoms with E-state index in [2.05, 4.69) is 13.8 Å². The first-order valence-electron chi connectivity index (χ1n) is 8.17. The van der Waals surface area contributed by atoms with E-state index in [9.17, 15) is 15.0 Å². The highest BCUT2D eigenvalue weighted by molar-refractivity contribution is 5.66. The third-order valence-corrected chi connectivity index (χ3v) is 5.99. The van der Waals surface area contributed by atoms with E-state index >= 15 is 0 Å². The monoisotopic (exact) mass is 298 g/mol. The van der Waals surface area contributed by atoms with Crippen molar-refractivity contribution in [3.8, 4) is 0 Å². The Bertz CT molecular complexity index is 404. The van der Waals surface area contributed by atoms with Crippen LogP contribution >= 0.6 is 0 Å². The van der Waals surface area contributed by atoms with E-state index in [0.29, 0.717) is 18.8 Å². The SMILES string of the molecule is CC(=O)O[C@H]1[C@@H]2[C@@](C)(CC[C@H]1C(C)C)[C@@H](O)CC[C@]2(C)O. The van der Waals surface area contributed by atoms with Crippen LogP contribution < -0.4 is 0 Å². The highest BCUT2D eigenvalue weighted by Crippen LogP contribution is 2.57. The number of carbonyl (C=O) groups is 1. The summed E-state index contributed by atoms with van der Waals surface area (Å²) in [7, 11) is 0. The van der Waals surface area contributed by atoms with Gasteiger partial charge in [-0.2, -0.15) is 0 Å². The van der Waals surface area contributed by atoms with Gasteiger partial charge < -0.3 is 14.9 Å². The number of aliphatic hydroxyl groups is 2. The molecule has 2 rings (SSSR count). The van der Waals surface area contributed by atoms with Gasteiger partial charge in [-0.05, 0) is 44.4 Å². The summed E-state index contributed by atoms with van der Waals surface area (Å²) < 4.78 is 5.67. The number of ether oxygens (including phenoxy) is 1. The molecule has 0 aliphatic heterocycles. The van der Waals surface area contributed by atoms with Crippen LogP contribution in [0.1, 0.15) is 60.3 Å². The first kappa shape index (κ1) is 16.8. The van der Waals surface area contributed by atoms with E-state index in [1.54, 1.807) is 0 Å². The Kier molecular flexibility index (Phi) is 4.42. The van der Waals surface area contributed by atoms with Gasteiger partial charge >= 0.3 is 5.97 Å². The third kappa shape index (κ3) is 2.85. The molecule has 0 aromatic carbocycles. The first-order valence-corrected chi connectivity index (χ1v) is 8.17. The molecule has 122 valence electrons. The standard InChI is InChI=1S/C17H30O4/c1-10(2)12-6-8-16(4)13(19)7-9-17(5,20)15(16)14(12)21-11(3)18/h10,12-15,19-20H,6-9H2,1-5H3/t12-,13-,14+,15+,16-,17-/m0/s1. The van der Waals surface area contributed by atoms with Crippen molar-refractivity contribution in [2.75, 3.05) is 0 Å². The van der Waals surface area contributed by atoms with Crippen molar-refractivity contribution in [3.63, 3.8) is 0 Å². The summed E-state index contributed by atoms with van der Waals surface area (Å²) in [6.45, 7) is 9.58. The zero-order chi connectivity index (χ0) is 16.0. The highest BCUT2D eigenvalue weighted by atomic mass is 16.5. The summed E-state index contributed by atoms with van der Waals surface area (Å²) in [5.74, 6) is 0.113. The van der Waals surface area contributed by atoms with Crippen molar-refractivity contribution in [3.05, 3.63) is 0 Å². The number of aliphatic hydroxyl groups excluding tert-OH is 1. The molecule has 2 fully saturated rings. The average molecular weight is 298 g/mol. The second kappa shape index (κ2) is 5.54. The summed E-state index contributed by atoms with van der Waals surface area (Å²) in [6.07, 6.45) is 2.21. The highest BCUT2D eigenvalue weighted by Gasteiger charge is 2.60. The molecular formula is C17H30O4. The van der Waals surface area contributed by atoms with Crippen molar-refractivity contribution < 1.29 is 19.7 Å². The van der Waals surface area contributed by atoms with Gasteiger partial charge in [0.1, 0.15) is 6.10 Å². The fourth-order valence-electron chi connectivity index (χ4n) is 4.83. The fourth-order valence-corrected chi connectivity index (χ4v) is 4.83. The quantitative estimate of drug-likeness (QED) is 0.769. The molecule has 0 radical (unpaired) electrons. The average Bonchev–Trinajstić information content (AvgIpc) is 2.33. The van der Waals surface area contributed by atoms with Crippen LogP contribution in [0.3, 0.4) is 0 Å². The largest absolute Gasteiger partial charge is 0.462 e. The summed E-state index contributed by atoms with van der Waals surface area (Å²) in [5, 5.41) is 21.5. The Morgan fingerprint density at radius 2 is 1.86 bits per heavy atom. The van der Waals surface area contributed by atoms with Crippen molar-refractivity contribution in [1.82, 2.24) is 0 Å². The van der Waals surface area contributed by atoms with Gasteiger partial charge in [-0.15, -0.1) is 0 Å². The van der Waals surface area contributed by atoms with Crippen LogP contribution in [-0.4, -0.2) is 34.0 Å². The normalized spacial score (nSPS) is 47.0. The molecule has 0 aromatic heterocycles. The molecule has 2 saturated carbocycles. The summed E-state index contributed by atoms with van der Waals surface area (Å²) in [5.41, 5.74) is -1.28. The van der Waals surface area contributed by atoms with Gasteiger partial charge in [-0.25, -0.2) is 0 Å². The van der Waals surface area contributed by atoms with E-state index in [1.165, 1.54) is 6.92 Å². The zero-order valence-corrected chi connectivity index (χ0v) is 13.9. The number of hydrogen-bond acceptors (Lipinski definition) is 4. The van der Waals surface area contributed by atoms with E-state index in [-0.39, 0.29) is 29.3 Å². The lowest BCUT2D eigenvalue weighted by Crippen LogP contribution is -2.64. The molecule has 0 heterocycles. The molecule has 2 N–H and O–H groups in total. The maximum Gasteiger partial charge on any atom is 0.302 e. The molecular weight excluding hydrogens is 268 g/mol. The molecule has 0 aromatic rings. The smallest absolute Gasteiger partial charge is 0.302 e. The molecule has 2 aliphatic rings. The molecule has 2 aliphatic carbocycles. The van der Waals surface area contributed by atoms with Crippen molar-refractivity contribution in [2.24, 2.45) is 23.2 Å². The van der Waals surface area contributed by atoms with E-state index in [1.807, 2.05) is 13.8 Å². The summed E-state index contributed by atoms with van der Waals surface area (Å²) in [4.78, 5) is 11.6. The van der Waals surface area contributed by atoms with Crippen LogP contribution in [0.25, 0.3) is 0 Å². The minimum Gasteiger partial charge on any atom is -0.462 e. The Morgan fingerprint density at radius 3 is 2.38 bits per heavy atom. The minimum absolute atomic E-state index is 0.209. The predicted molar refractivity (Wildman–Crippen MR) is 80.6 cm³/mol. The number of rotatable bonds is 2. The lowest BCUT2D eigenvalue weighted by atomic mass is 9.50. The van der Waals surface area contributed by atoms with Crippen molar-refractivity contribution in [1.29, 1.82) is 0 Å². The molecule has 6 atom stereocenters. The minimum atomic E-state index is -0.901. The van der Waals surface area contributed by atoms with Crippen LogP contribution in [-0.2, 0) is 9.53 Å². The van der Waals surface area contributed by atoms with Gasteiger partial charge in [0.25, 0.3) is 0 Å². The number of fused-ring (bicyclic) bond motifs is 1. The Balaban J connectivity index is 2.43. The second-order valence-corrected chi connectivity index (χ2v) is 7.92. The van der Waals surface area contributed by atoms with E-state index in [4.69, 9.17) is 4.74 Å². The van der Waals surface area contributed by atoms with Crippen LogP contribution in [0.4, 0.5) is 0 Å². The molecule has 0 spiro atoms. The van der Waals surface area contributed by atoms with Gasteiger partial charge in [0.15, 0.2) is 0 Å². The van der Waals surface area contributed by atoms with Gasteiger partial charge in [-0.1, -0.05) is 20.8 Å². The molecule has 0 unspecified atom stereocenters. The maximum absolute atomic E-state index is 11.6. The fraction of sp³-hybridized carbons (Fsp3) is 0.941. The van der Waals surface area contributed by atoms with E-state index < -0.39 is 11.7 Å². The first-order chi connectivity index (χ1) is 9.59. The number of carbonyl (C=O) groups excluding carboxylic acids is 1. The van der Waals surface area contributed by atoms with Crippen molar-refractivity contribution >= 4 is 5.97 Å². The number of hydrogen-bond donors (Lipinski definition) is 2. The lowest BCUT2D eigenvalue weighted by molar-refractivity contribution is -0.229. The van der Waals surface area contributed by atoms with Crippen molar-refractivity contribution in [2.45, 2.75) is 78.1 Å². The lowest BCUT2D eigenvalue weighted by Gasteiger charge is -2.59. The zero-order valence-electron chi connectivity index (χ0n) is 13.9. The van der Waals surface area contributed by atoms with E-state index in [0.717, 1.165) is 12.8 Å².